The summed E-state index contributed by atoms with van der Waals surface area (Å²) in [6.45, 7) is 8.65. The summed E-state index contributed by atoms with van der Waals surface area (Å²) < 4.78 is 11.1. The first-order valence-electron chi connectivity index (χ1n) is 7.99. The molecule has 1 unspecified atom stereocenters. The molecule has 2 rings (SSSR count). The molecule has 5 nitrogen and oxygen atoms in total. The molecule has 0 spiro atoms. The van der Waals surface area contributed by atoms with Gasteiger partial charge in [-0.25, -0.2) is 4.79 Å². The SMILES string of the molecule is CCOc1ccccc1NC(=O)N1CCOCC1CC(C)C. The lowest BCUT2D eigenvalue weighted by atomic mass is 10.0. The van der Waals surface area contributed by atoms with E-state index in [2.05, 4.69) is 19.2 Å². The average Bonchev–Trinajstić information content (AvgIpc) is 2.49. The van der Waals surface area contributed by atoms with Gasteiger partial charge in [-0.1, -0.05) is 26.0 Å². The van der Waals surface area contributed by atoms with E-state index in [4.69, 9.17) is 9.47 Å². The molecule has 1 N–H and O–H groups in total. The summed E-state index contributed by atoms with van der Waals surface area (Å²) in [7, 11) is 0. The maximum absolute atomic E-state index is 12.6. The molecule has 1 aromatic carbocycles. The van der Waals surface area contributed by atoms with E-state index < -0.39 is 0 Å². The highest BCUT2D eigenvalue weighted by Gasteiger charge is 2.28. The van der Waals surface area contributed by atoms with E-state index in [-0.39, 0.29) is 12.1 Å². The van der Waals surface area contributed by atoms with Crippen molar-refractivity contribution in [2.24, 2.45) is 5.92 Å². The maximum atomic E-state index is 12.6. The molecule has 1 heterocycles. The van der Waals surface area contributed by atoms with Crippen molar-refractivity contribution in [1.82, 2.24) is 4.90 Å². The standard InChI is InChI=1S/C17H26N2O3/c1-4-22-16-8-6-5-7-15(16)18-17(20)19-9-10-21-12-14(19)11-13(2)3/h5-8,13-14H,4,9-12H2,1-3H3,(H,18,20). The zero-order valence-corrected chi connectivity index (χ0v) is 13.7. The molecule has 1 aliphatic rings. The number of hydrogen-bond acceptors (Lipinski definition) is 3. The molecule has 0 saturated carbocycles. The lowest BCUT2D eigenvalue weighted by Gasteiger charge is -2.36. The largest absolute Gasteiger partial charge is 0.492 e. The second-order valence-corrected chi connectivity index (χ2v) is 5.91. The van der Waals surface area contributed by atoms with Gasteiger partial charge in [-0.15, -0.1) is 0 Å². The Hall–Kier alpha value is -1.75. The van der Waals surface area contributed by atoms with E-state index in [1.165, 1.54) is 0 Å². The monoisotopic (exact) mass is 306 g/mol. The molecule has 1 fully saturated rings. The summed E-state index contributed by atoms with van der Waals surface area (Å²) in [6.07, 6.45) is 0.945. The average molecular weight is 306 g/mol. The number of rotatable bonds is 5. The Balaban J connectivity index is 2.06. The number of carbonyl (C=O) groups is 1. The van der Waals surface area contributed by atoms with Gasteiger partial charge in [0.15, 0.2) is 0 Å². The van der Waals surface area contributed by atoms with Crippen LogP contribution in [0.1, 0.15) is 27.2 Å². The fourth-order valence-electron chi connectivity index (χ4n) is 2.70. The van der Waals surface area contributed by atoms with Gasteiger partial charge in [0, 0.05) is 6.54 Å². The number of nitrogens with zero attached hydrogens (tertiary/aromatic N) is 1. The Bertz CT molecular complexity index is 491. The van der Waals surface area contributed by atoms with Crippen molar-refractivity contribution < 1.29 is 14.3 Å². The highest BCUT2D eigenvalue weighted by Crippen LogP contribution is 2.25. The number of morpholine rings is 1. The Morgan fingerprint density at radius 2 is 2.23 bits per heavy atom. The van der Waals surface area contributed by atoms with E-state index in [1.54, 1.807) is 0 Å². The van der Waals surface area contributed by atoms with Gasteiger partial charge in [-0.2, -0.15) is 0 Å². The van der Waals surface area contributed by atoms with Crippen LogP contribution in [-0.2, 0) is 4.74 Å². The quantitative estimate of drug-likeness (QED) is 0.907. The Labute approximate surface area is 132 Å². The number of anilines is 1. The first-order valence-corrected chi connectivity index (χ1v) is 7.99. The minimum atomic E-state index is -0.0823. The van der Waals surface area contributed by atoms with Crippen LogP contribution in [0, 0.1) is 5.92 Å². The van der Waals surface area contributed by atoms with Crippen molar-refractivity contribution in [3.63, 3.8) is 0 Å². The van der Waals surface area contributed by atoms with Gasteiger partial charge < -0.3 is 19.7 Å². The molecular formula is C17H26N2O3. The first-order chi connectivity index (χ1) is 10.6. The number of nitrogens with one attached hydrogen (secondary N) is 1. The van der Waals surface area contributed by atoms with Crippen LogP contribution >= 0.6 is 0 Å². The molecule has 5 heteroatoms. The molecule has 0 aliphatic carbocycles. The molecule has 1 saturated heterocycles. The Morgan fingerprint density at radius 3 is 2.95 bits per heavy atom. The second kappa shape index (κ2) is 8.03. The number of benzene rings is 1. The Kier molecular flexibility index (Phi) is 6.07. The van der Waals surface area contributed by atoms with Crippen molar-refractivity contribution in [2.75, 3.05) is 31.7 Å². The number of para-hydroxylation sites is 2. The molecule has 2 amide bonds. The van der Waals surface area contributed by atoms with Gasteiger partial charge in [0.25, 0.3) is 0 Å². The number of ether oxygens (including phenoxy) is 2. The molecule has 122 valence electrons. The first kappa shape index (κ1) is 16.6. The van der Waals surface area contributed by atoms with Crippen LogP contribution < -0.4 is 10.1 Å². The van der Waals surface area contributed by atoms with Crippen LogP contribution in [0.3, 0.4) is 0 Å². The topological polar surface area (TPSA) is 50.8 Å². The third-order valence-corrected chi connectivity index (χ3v) is 3.66. The lowest BCUT2D eigenvalue weighted by Crippen LogP contribution is -2.50. The predicted octanol–water partition coefficient (Wildman–Crippen LogP) is 3.36. The smallest absolute Gasteiger partial charge is 0.322 e. The summed E-state index contributed by atoms with van der Waals surface area (Å²) >= 11 is 0. The van der Waals surface area contributed by atoms with E-state index in [0.717, 1.165) is 6.42 Å². The minimum Gasteiger partial charge on any atom is -0.492 e. The fourth-order valence-corrected chi connectivity index (χ4v) is 2.70. The van der Waals surface area contributed by atoms with Gasteiger partial charge in [0.05, 0.1) is 31.5 Å². The second-order valence-electron chi connectivity index (χ2n) is 5.91. The van der Waals surface area contributed by atoms with Gasteiger partial charge in [0.2, 0.25) is 0 Å². The van der Waals surface area contributed by atoms with Crippen LogP contribution in [0.15, 0.2) is 24.3 Å². The van der Waals surface area contributed by atoms with Gasteiger partial charge in [0.1, 0.15) is 5.75 Å². The van der Waals surface area contributed by atoms with Crippen molar-refractivity contribution in [3.8, 4) is 5.75 Å². The van der Waals surface area contributed by atoms with Crippen molar-refractivity contribution >= 4 is 11.7 Å². The van der Waals surface area contributed by atoms with Gasteiger partial charge in [-0.05, 0) is 31.4 Å². The predicted molar refractivity (Wildman–Crippen MR) is 87.4 cm³/mol. The molecule has 1 atom stereocenters. The van der Waals surface area contributed by atoms with Gasteiger partial charge in [-0.3, -0.25) is 0 Å². The minimum absolute atomic E-state index is 0.0823. The van der Waals surface area contributed by atoms with E-state index in [1.807, 2.05) is 36.1 Å². The summed E-state index contributed by atoms with van der Waals surface area (Å²) in [5.74, 6) is 1.23. The Morgan fingerprint density at radius 1 is 1.45 bits per heavy atom. The van der Waals surface area contributed by atoms with Gasteiger partial charge >= 0.3 is 6.03 Å². The molecule has 1 aliphatic heterocycles. The van der Waals surface area contributed by atoms with Crippen LogP contribution in [0.5, 0.6) is 5.75 Å². The number of amides is 2. The van der Waals surface area contributed by atoms with Crippen LogP contribution in [0.25, 0.3) is 0 Å². The fraction of sp³-hybridized carbons (Fsp3) is 0.588. The van der Waals surface area contributed by atoms with Crippen molar-refractivity contribution in [1.29, 1.82) is 0 Å². The third kappa shape index (κ3) is 4.37. The number of carbonyl (C=O) groups excluding carboxylic acids is 1. The molecule has 22 heavy (non-hydrogen) atoms. The van der Waals surface area contributed by atoms with Crippen LogP contribution in [0.4, 0.5) is 10.5 Å². The highest BCUT2D eigenvalue weighted by atomic mass is 16.5. The van der Waals surface area contributed by atoms with E-state index in [0.29, 0.717) is 43.7 Å². The van der Waals surface area contributed by atoms with Crippen LogP contribution in [-0.4, -0.2) is 43.3 Å². The third-order valence-electron chi connectivity index (χ3n) is 3.66. The van der Waals surface area contributed by atoms with Crippen molar-refractivity contribution in [2.45, 2.75) is 33.2 Å². The van der Waals surface area contributed by atoms with Crippen LogP contribution in [0.2, 0.25) is 0 Å². The summed E-state index contributed by atoms with van der Waals surface area (Å²) in [4.78, 5) is 14.5. The molecular weight excluding hydrogens is 280 g/mol. The molecule has 0 aromatic heterocycles. The maximum Gasteiger partial charge on any atom is 0.322 e. The zero-order valence-electron chi connectivity index (χ0n) is 13.7. The summed E-state index contributed by atoms with van der Waals surface area (Å²) in [6, 6.07) is 7.57. The number of urea groups is 1. The van der Waals surface area contributed by atoms with E-state index >= 15 is 0 Å². The van der Waals surface area contributed by atoms with E-state index in [9.17, 15) is 4.79 Å². The molecule has 0 bridgehead atoms. The van der Waals surface area contributed by atoms with Crippen molar-refractivity contribution in [3.05, 3.63) is 24.3 Å². The summed E-state index contributed by atoms with van der Waals surface area (Å²) in [5, 5.41) is 2.97. The number of hydrogen-bond donors (Lipinski definition) is 1. The highest BCUT2D eigenvalue weighted by molar-refractivity contribution is 5.91. The molecule has 1 aromatic rings. The summed E-state index contributed by atoms with van der Waals surface area (Å²) in [5.41, 5.74) is 0.712. The molecule has 0 radical (unpaired) electrons. The lowest BCUT2D eigenvalue weighted by molar-refractivity contribution is 0.00856. The normalized spacial score (nSPS) is 18.4. The zero-order chi connectivity index (χ0) is 15.9.